The van der Waals surface area contributed by atoms with Gasteiger partial charge in [-0.05, 0) is 56.9 Å². The Hall–Kier alpha value is -3.34. The summed E-state index contributed by atoms with van der Waals surface area (Å²) in [6.45, 7) is 6.96. The van der Waals surface area contributed by atoms with Crippen LogP contribution in [-0.2, 0) is 28.5 Å². The summed E-state index contributed by atoms with van der Waals surface area (Å²) in [5.74, 6) is 0.0804. The van der Waals surface area contributed by atoms with Crippen LogP contribution < -0.4 is 4.90 Å². The third-order valence-electron chi connectivity index (χ3n) is 6.42. The summed E-state index contributed by atoms with van der Waals surface area (Å²) < 4.78 is 45.1. The van der Waals surface area contributed by atoms with Crippen molar-refractivity contribution in [3.8, 4) is 11.3 Å². The molecule has 0 atom stereocenters. The molecule has 202 valence electrons. The maximum Gasteiger partial charge on any atom is 0.416 e. The minimum atomic E-state index is -4.45. The molecular formula is C27H29F3N4O3S. The van der Waals surface area contributed by atoms with E-state index in [-0.39, 0.29) is 29.8 Å². The molecule has 3 heterocycles. The van der Waals surface area contributed by atoms with Crippen molar-refractivity contribution in [2.24, 2.45) is 5.92 Å². The van der Waals surface area contributed by atoms with E-state index in [1.165, 1.54) is 17.5 Å². The molecule has 0 radical (unpaired) electrons. The van der Waals surface area contributed by atoms with Gasteiger partial charge in [0.05, 0.1) is 42.6 Å². The summed E-state index contributed by atoms with van der Waals surface area (Å²) in [6, 6.07) is 3.89. The Balaban J connectivity index is 1.44. The number of halogens is 3. The number of hydrogen-bond donors (Lipinski definition) is 0. The lowest BCUT2D eigenvalue weighted by molar-refractivity contribution is -0.148. The average Bonchev–Trinajstić information content (AvgIpc) is 3.31. The SMILES string of the molecule is CCOC(=O)C1CCN(c2cnc(C(=O)Cc3nc(-c4cc(C)cc(C(F)(F)F)c4)c(CC)s3)cn2)CC1. The van der Waals surface area contributed by atoms with Crippen molar-refractivity contribution in [3.05, 3.63) is 57.3 Å². The van der Waals surface area contributed by atoms with E-state index < -0.39 is 11.7 Å². The van der Waals surface area contributed by atoms with Gasteiger partial charge in [-0.1, -0.05) is 6.92 Å². The molecule has 0 bridgehead atoms. The van der Waals surface area contributed by atoms with Gasteiger partial charge < -0.3 is 9.64 Å². The minimum absolute atomic E-state index is 0.0193. The summed E-state index contributed by atoms with van der Waals surface area (Å²) in [4.78, 5) is 40.9. The molecule has 38 heavy (non-hydrogen) atoms. The smallest absolute Gasteiger partial charge is 0.416 e. The van der Waals surface area contributed by atoms with E-state index in [1.807, 2.05) is 11.8 Å². The molecule has 0 spiro atoms. The van der Waals surface area contributed by atoms with Crippen molar-refractivity contribution in [2.45, 2.75) is 52.6 Å². The molecule has 1 saturated heterocycles. The highest BCUT2D eigenvalue weighted by atomic mass is 32.1. The van der Waals surface area contributed by atoms with E-state index in [0.717, 1.165) is 17.0 Å². The lowest BCUT2D eigenvalue weighted by Crippen LogP contribution is -2.37. The van der Waals surface area contributed by atoms with Crippen LogP contribution in [-0.4, -0.2) is 46.4 Å². The summed E-state index contributed by atoms with van der Waals surface area (Å²) in [5, 5.41) is 0.517. The van der Waals surface area contributed by atoms with Crippen LogP contribution in [0.1, 0.15) is 58.2 Å². The largest absolute Gasteiger partial charge is 0.466 e. The second kappa shape index (κ2) is 11.6. The first kappa shape index (κ1) is 27.7. The number of anilines is 1. The lowest BCUT2D eigenvalue weighted by atomic mass is 9.97. The topological polar surface area (TPSA) is 85.3 Å². The fourth-order valence-electron chi connectivity index (χ4n) is 4.49. The predicted octanol–water partition coefficient (Wildman–Crippen LogP) is 5.69. The number of carbonyl (C=O) groups is 2. The van der Waals surface area contributed by atoms with Crippen LogP contribution >= 0.6 is 11.3 Å². The van der Waals surface area contributed by atoms with Gasteiger partial charge in [0.15, 0.2) is 5.78 Å². The highest BCUT2D eigenvalue weighted by molar-refractivity contribution is 7.12. The number of hydrogen-bond acceptors (Lipinski definition) is 8. The molecule has 2 aromatic heterocycles. The third-order valence-corrected chi connectivity index (χ3v) is 7.62. The van der Waals surface area contributed by atoms with Crippen molar-refractivity contribution in [2.75, 3.05) is 24.6 Å². The van der Waals surface area contributed by atoms with Crippen molar-refractivity contribution < 1.29 is 27.5 Å². The summed E-state index contributed by atoms with van der Waals surface area (Å²) in [7, 11) is 0. The molecular weight excluding hydrogens is 517 g/mol. The van der Waals surface area contributed by atoms with Gasteiger partial charge in [0.25, 0.3) is 0 Å². The van der Waals surface area contributed by atoms with Gasteiger partial charge in [-0.3, -0.25) is 9.59 Å². The number of Topliss-reactive ketones (excluding diaryl/α,β-unsaturated/α-hetero) is 1. The Morgan fingerprint density at radius 1 is 1.11 bits per heavy atom. The number of ether oxygens (including phenoxy) is 1. The Morgan fingerprint density at radius 3 is 2.45 bits per heavy atom. The van der Waals surface area contributed by atoms with Crippen molar-refractivity contribution in [1.29, 1.82) is 0 Å². The zero-order valence-corrected chi connectivity index (χ0v) is 22.3. The van der Waals surface area contributed by atoms with Crippen molar-refractivity contribution >= 4 is 28.9 Å². The standard InChI is InChI=1S/C27H29F3N4O3S/c1-4-22-25(18-10-16(3)11-19(12-18)27(28,29)30)33-24(38-22)13-21(35)20-14-32-23(15-31-20)34-8-6-17(7-9-34)26(36)37-5-2/h10-12,14-15,17H,4-9,13H2,1-3H3. The number of esters is 1. The van der Waals surface area contributed by atoms with E-state index in [4.69, 9.17) is 4.74 Å². The second-order valence-corrected chi connectivity index (χ2v) is 10.4. The minimum Gasteiger partial charge on any atom is -0.466 e. The molecule has 1 aromatic carbocycles. The normalized spacial score (nSPS) is 14.5. The van der Waals surface area contributed by atoms with Crippen LogP contribution in [0.2, 0.25) is 0 Å². The molecule has 7 nitrogen and oxygen atoms in total. The second-order valence-electron chi connectivity index (χ2n) is 9.19. The highest BCUT2D eigenvalue weighted by Crippen LogP contribution is 2.36. The highest BCUT2D eigenvalue weighted by Gasteiger charge is 2.31. The van der Waals surface area contributed by atoms with E-state index in [9.17, 15) is 22.8 Å². The molecule has 11 heteroatoms. The summed E-state index contributed by atoms with van der Waals surface area (Å²) >= 11 is 1.32. The molecule has 1 aliphatic heterocycles. The maximum atomic E-state index is 13.3. The fraction of sp³-hybridized carbons (Fsp3) is 0.444. The number of thiazole rings is 1. The molecule has 0 N–H and O–H groups in total. The third kappa shape index (κ3) is 6.38. The van der Waals surface area contributed by atoms with Gasteiger partial charge in [0, 0.05) is 23.5 Å². The summed E-state index contributed by atoms with van der Waals surface area (Å²) in [6.07, 6.45) is 0.419. The maximum absolute atomic E-state index is 13.3. The predicted molar refractivity (Wildman–Crippen MR) is 138 cm³/mol. The van der Waals surface area contributed by atoms with Gasteiger partial charge >= 0.3 is 12.1 Å². The van der Waals surface area contributed by atoms with Gasteiger partial charge in [-0.15, -0.1) is 11.3 Å². The number of aromatic nitrogens is 3. The Kier molecular flexibility index (Phi) is 8.44. The average molecular weight is 547 g/mol. The van der Waals surface area contributed by atoms with E-state index >= 15 is 0 Å². The molecule has 1 aliphatic rings. The van der Waals surface area contributed by atoms with Crippen LogP contribution in [0.25, 0.3) is 11.3 Å². The molecule has 0 saturated carbocycles. The van der Waals surface area contributed by atoms with E-state index in [2.05, 4.69) is 15.0 Å². The molecule has 0 unspecified atom stereocenters. The van der Waals surface area contributed by atoms with Crippen LogP contribution in [0.5, 0.6) is 0 Å². The number of rotatable bonds is 8. The number of aryl methyl sites for hydroxylation is 2. The first-order valence-electron chi connectivity index (χ1n) is 12.5. The number of piperidine rings is 1. The number of ketones is 1. The monoisotopic (exact) mass is 546 g/mol. The molecule has 4 rings (SSSR count). The first-order valence-corrected chi connectivity index (χ1v) is 13.3. The number of benzene rings is 1. The van der Waals surface area contributed by atoms with Crippen LogP contribution in [0.15, 0.2) is 30.6 Å². The number of alkyl halides is 3. The fourth-order valence-corrected chi connectivity index (χ4v) is 5.51. The molecule has 0 amide bonds. The van der Waals surface area contributed by atoms with Crippen LogP contribution in [0.4, 0.5) is 19.0 Å². The van der Waals surface area contributed by atoms with Gasteiger partial charge in [0.1, 0.15) is 16.5 Å². The van der Waals surface area contributed by atoms with Gasteiger partial charge in [0.2, 0.25) is 0 Å². The first-order chi connectivity index (χ1) is 18.1. The van der Waals surface area contributed by atoms with Crippen LogP contribution in [0, 0.1) is 12.8 Å². The van der Waals surface area contributed by atoms with Crippen molar-refractivity contribution in [3.63, 3.8) is 0 Å². The van der Waals surface area contributed by atoms with Crippen LogP contribution in [0.3, 0.4) is 0 Å². The Morgan fingerprint density at radius 2 is 1.84 bits per heavy atom. The quantitative estimate of drug-likeness (QED) is 0.265. The number of nitrogens with zero attached hydrogens (tertiary/aromatic N) is 4. The van der Waals surface area contributed by atoms with Gasteiger partial charge in [-0.2, -0.15) is 13.2 Å². The van der Waals surface area contributed by atoms with E-state index in [1.54, 1.807) is 26.1 Å². The van der Waals surface area contributed by atoms with E-state index in [0.29, 0.717) is 66.6 Å². The molecule has 1 fully saturated rings. The molecule has 0 aliphatic carbocycles. The number of carbonyl (C=O) groups excluding carboxylic acids is 2. The van der Waals surface area contributed by atoms with Gasteiger partial charge in [-0.25, -0.2) is 15.0 Å². The zero-order valence-electron chi connectivity index (χ0n) is 21.5. The Labute approximate surface area is 223 Å². The zero-order chi connectivity index (χ0) is 27.4. The van der Waals surface area contributed by atoms with Crippen molar-refractivity contribution in [1.82, 2.24) is 15.0 Å². The molecule has 3 aromatic rings. The lowest BCUT2D eigenvalue weighted by Gasteiger charge is -2.31. The summed E-state index contributed by atoms with van der Waals surface area (Å²) in [5.41, 5.74) is 0.825. The Bertz CT molecular complexity index is 1300.